The highest BCUT2D eigenvalue weighted by molar-refractivity contribution is 8.00. The zero-order valence-corrected chi connectivity index (χ0v) is 21.0. The van der Waals surface area contributed by atoms with Gasteiger partial charge in [-0.3, -0.25) is 14.5 Å². The van der Waals surface area contributed by atoms with Crippen molar-refractivity contribution in [2.45, 2.75) is 24.3 Å². The first-order valence-corrected chi connectivity index (χ1v) is 13.3. The van der Waals surface area contributed by atoms with Crippen molar-refractivity contribution in [1.29, 1.82) is 0 Å². The van der Waals surface area contributed by atoms with Crippen LogP contribution in [0.5, 0.6) is 0 Å². The monoisotopic (exact) mass is 532 g/mol. The summed E-state index contributed by atoms with van der Waals surface area (Å²) < 4.78 is 0.591. The predicted molar refractivity (Wildman–Crippen MR) is 129 cm³/mol. The number of aliphatic carboxylic acids is 1. The number of carboxylic acid groups (broad SMARTS) is 1. The molecule has 14 heteroatoms. The molecule has 190 valence electrons. The summed E-state index contributed by atoms with van der Waals surface area (Å²) in [6.45, 7) is 2.69. The largest absolute Gasteiger partial charge is 0.543 e. The van der Waals surface area contributed by atoms with Crippen molar-refractivity contribution < 1.29 is 33.6 Å². The first-order chi connectivity index (χ1) is 17.3. The second-order valence-electron chi connectivity index (χ2n) is 9.30. The average Bonchev–Trinajstić information content (AvgIpc) is 3.31. The van der Waals surface area contributed by atoms with E-state index in [1.807, 2.05) is 0 Å². The Morgan fingerprint density at radius 2 is 2.17 bits per heavy atom. The highest BCUT2D eigenvalue weighted by Gasteiger charge is 2.54. The maximum Gasteiger partial charge on any atom is 0.276 e. The Morgan fingerprint density at radius 1 is 1.42 bits per heavy atom. The number of nitrogens with zero attached hydrogens (tertiary/aromatic N) is 4. The van der Waals surface area contributed by atoms with E-state index in [0.717, 1.165) is 42.8 Å². The molecule has 1 aromatic heterocycles. The number of amides is 2. The molecule has 5 aliphatic heterocycles. The van der Waals surface area contributed by atoms with Gasteiger partial charge >= 0.3 is 0 Å². The molecule has 2 amide bonds. The molecule has 0 aromatic carbocycles. The quantitative estimate of drug-likeness (QED) is 0.139. The van der Waals surface area contributed by atoms with Crippen LogP contribution >= 0.6 is 23.1 Å². The lowest BCUT2D eigenvalue weighted by Crippen LogP contribution is -2.72. The summed E-state index contributed by atoms with van der Waals surface area (Å²) in [6, 6.07) is -0.946. The number of nitrogen functional groups attached to an aromatic ring is 1. The number of anilines is 1. The van der Waals surface area contributed by atoms with E-state index in [4.69, 9.17) is 10.6 Å². The van der Waals surface area contributed by atoms with Crippen LogP contribution in [0.1, 0.15) is 18.5 Å². The predicted octanol–water partition coefficient (Wildman–Crippen LogP) is -1.52. The Labute approximate surface area is 214 Å². The summed E-state index contributed by atoms with van der Waals surface area (Å²) in [5.41, 5.74) is 6.96. The van der Waals surface area contributed by atoms with Crippen LogP contribution in [0, 0.1) is 5.92 Å². The summed E-state index contributed by atoms with van der Waals surface area (Å²) in [4.78, 5) is 59.5. The third-order valence-electron chi connectivity index (χ3n) is 7.25. The van der Waals surface area contributed by atoms with Gasteiger partial charge in [-0.1, -0.05) is 5.16 Å². The number of hydrogen-bond acceptors (Lipinski definition) is 11. The third-order valence-corrected chi connectivity index (χ3v) is 9.26. The van der Waals surface area contributed by atoms with Crippen LogP contribution in [0.4, 0.5) is 5.13 Å². The molecule has 0 radical (unpaired) electrons. The van der Waals surface area contributed by atoms with Gasteiger partial charge in [-0.05, 0) is 0 Å². The van der Waals surface area contributed by atoms with E-state index in [1.54, 1.807) is 5.38 Å². The molecule has 3 N–H and O–H groups in total. The minimum atomic E-state index is -1.43. The number of aromatic nitrogens is 1. The fourth-order valence-corrected chi connectivity index (χ4v) is 7.43. The molecule has 1 aromatic rings. The lowest BCUT2D eigenvalue weighted by atomic mass is 9.81. The fourth-order valence-electron chi connectivity index (χ4n) is 5.54. The summed E-state index contributed by atoms with van der Waals surface area (Å²) in [5, 5.41) is 19.7. The van der Waals surface area contributed by atoms with Crippen molar-refractivity contribution in [3.63, 3.8) is 0 Å². The minimum Gasteiger partial charge on any atom is -0.543 e. The first-order valence-electron chi connectivity index (χ1n) is 11.4. The number of hydrogen-bond donors (Lipinski definition) is 2. The van der Waals surface area contributed by atoms with E-state index < -0.39 is 29.2 Å². The van der Waals surface area contributed by atoms with Gasteiger partial charge in [-0.2, -0.15) is 0 Å². The molecular formula is C22H24N6O6S2. The molecule has 2 atom stereocenters. The topological polar surface area (TPSA) is 167 Å². The van der Waals surface area contributed by atoms with Gasteiger partial charge in [0.15, 0.2) is 10.8 Å². The zero-order valence-electron chi connectivity index (χ0n) is 19.4. The van der Waals surface area contributed by atoms with Crippen LogP contribution in [0.3, 0.4) is 0 Å². The van der Waals surface area contributed by atoms with E-state index in [-0.39, 0.29) is 28.2 Å². The van der Waals surface area contributed by atoms with Gasteiger partial charge < -0.3 is 30.3 Å². The van der Waals surface area contributed by atoms with Crippen LogP contribution in [-0.4, -0.2) is 94.3 Å². The Balaban J connectivity index is 1.35. The number of carboxylic acids is 1. The van der Waals surface area contributed by atoms with E-state index in [0.29, 0.717) is 28.9 Å². The number of nitrogens with two attached hydrogens (primary N) is 1. The third kappa shape index (κ3) is 4.09. The number of β-lactam (4-membered cyclic amide) rings is 1. The molecule has 36 heavy (non-hydrogen) atoms. The van der Waals surface area contributed by atoms with Gasteiger partial charge in [0.25, 0.3) is 11.8 Å². The molecule has 0 aliphatic carbocycles. The van der Waals surface area contributed by atoms with Crippen molar-refractivity contribution in [2.75, 3.05) is 44.8 Å². The average molecular weight is 533 g/mol. The Bertz CT molecular complexity index is 1240. The molecule has 12 nitrogen and oxygen atoms in total. The summed E-state index contributed by atoms with van der Waals surface area (Å²) in [7, 11) is 1.28. The number of carbonyl (C=O) groups excluding carboxylic acids is 4. The van der Waals surface area contributed by atoms with Crippen molar-refractivity contribution in [2.24, 2.45) is 11.1 Å². The maximum atomic E-state index is 13.1. The molecule has 6 rings (SSSR count). The molecule has 0 unspecified atom stereocenters. The second-order valence-corrected chi connectivity index (χ2v) is 11.3. The molecule has 5 aliphatic rings. The Hall–Kier alpha value is -3.19. The van der Waals surface area contributed by atoms with Gasteiger partial charge in [0.05, 0.1) is 30.3 Å². The van der Waals surface area contributed by atoms with Gasteiger partial charge in [0.1, 0.15) is 43.3 Å². The normalized spacial score (nSPS) is 29.4. The number of thiazole rings is 1. The number of oxime groups is 1. The van der Waals surface area contributed by atoms with Gasteiger partial charge in [-0.15, -0.1) is 23.1 Å². The van der Waals surface area contributed by atoms with Crippen LogP contribution < -0.4 is 16.2 Å². The number of thioether (sulfide) groups is 1. The van der Waals surface area contributed by atoms with Crippen molar-refractivity contribution in [1.82, 2.24) is 15.2 Å². The van der Waals surface area contributed by atoms with Gasteiger partial charge in [-0.25, -0.2) is 9.78 Å². The molecular weight excluding hydrogens is 508 g/mol. The van der Waals surface area contributed by atoms with E-state index >= 15 is 0 Å². The zero-order chi connectivity index (χ0) is 25.6. The standard InChI is InChI=1S/C22H24N6O6S2/c1-34-26-15(14-10-36-22(23)24-14)18(30)25-16-19(31)27-17(21(32)33)13(9-35-20(16)27)7-28-4-2-11(3-5-28)12(6-28)8-29/h10-11,16,20H,2-7,9H2,1H3,(H3-,23,24,25,30,32,33)/b26-15-/t11?,16-,20-,28?/m1/s1. The number of rotatable bonds is 7. The molecule has 0 saturated carbocycles. The molecule has 4 fully saturated rings. The lowest BCUT2D eigenvalue weighted by Gasteiger charge is -2.53. The highest BCUT2D eigenvalue weighted by atomic mass is 32.2. The van der Waals surface area contributed by atoms with E-state index in [1.165, 1.54) is 23.8 Å². The number of carbonyl (C=O) groups is 3. The second kappa shape index (κ2) is 9.36. The van der Waals surface area contributed by atoms with Crippen molar-refractivity contribution >= 4 is 57.7 Å². The van der Waals surface area contributed by atoms with Crippen molar-refractivity contribution in [3.05, 3.63) is 27.9 Å². The van der Waals surface area contributed by atoms with Crippen molar-refractivity contribution in [3.8, 4) is 0 Å². The Morgan fingerprint density at radius 3 is 2.78 bits per heavy atom. The van der Waals surface area contributed by atoms with E-state index in [9.17, 15) is 24.3 Å². The SMILES string of the molecule is CO/N=C(\C(=O)N[C@@H]1C(=O)N2C(C(=O)[O-])=C(C[N+]34CCC(CC3)C(=C=O)C4)CS[C@H]12)c1csc(N)n1. The fraction of sp³-hybridized carbons (Fsp3) is 0.500. The highest BCUT2D eigenvalue weighted by Crippen LogP contribution is 2.43. The smallest absolute Gasteiger partial charge is 0.276 e. The lowest BCUT2D eigenvalue weighted by molar-refractivity contribution is -0.931. The van der Waals surface area contributed by atoms with E-state index in [2.05, 4.69) is 21.4 Å². The summed E-state index contributed by atoms with van der Waals surface area (Å²) in [5.74, 6) is 0.0746. The Kier molecular flexibility index (Phi) is 6.37. The van der Waals surface area contributed by atoms with Crippen LogP contribution in [-0.2, 0) is 24.0 Å². The van der Waals surface area contributed by atoms with Gasteiger partial charge in [0.2, 0.25) is 0 Å². The maximum absolute atomic E-state index is 13.1. The number of piperidine rings is 3. The molecule has 4 saturated heterocycles. The number of fused-ring (bicyclic) bond motifs is 4. The molecule has 6 heterocycles. The number of nitrogens with one attached hydrogen (secondary N) is 1. The number of quaternary nitrogens is 1. The van der Waals surface area contributed by atoms with Crippen LogP contribution in [0.15, 0.2) is 27.4 Å². The summed E-state index contributed by atoms with van der Waals surface area (Å²) in [6.07, 6.45) is 1.75. The summed E-state index contributed by atoms with van der Waals surface area (Å²) >= 11 is 2.51. The molecule has 0 spiro atoms. The van der Waals surface area contributed by atoms with Gasteiger partial charge in [0, 0.05) is 35.5 Å². The first kappa shape index (κ1) is 24.5. The van der Waals surface area contributed by atoms with Crippen LogP contribution in [0.25, 0.3) is 0 Å². The minimum absolute atomic E-state index is 0.135. The van der Waals surface area contributed by atoms with Crippen LogP contribution in [0.2, 0.25) is 0 Å². The molecule has 2 bridgehead atoms.